The van der Waals surface area contributed by atoms with E-state index in [0.717, 1.165) is 24.8 Å². The van der Waals surface area contributed by atoms with Gasteiger partial charge in [-0.3, -0.25) is 4.79 Å². The van der Waals surface area contributed by atoms with Crippen LogP contribution in [0.5, 0.6) is 11.6 Å². The van der Waals surface area contributed by atoms with Gasteiger partial charge < -0.3 is 15.0 Å². The minimum atomic E-state index is -3.27. The van der Waals surface area contributed by atoms with E-state index in [1.54, 1.807) is 19.1 Å². The Morgan fingerprint density at radius 1 is 1.29 bits per heavy atom. The lowest BCUT2D eigenvalue weighted by atomic mass is 9.64. The molecule has 1 aromatic heterocycles. The monoisotopic (exact) mass is 444 g/mol. The summed E-state index contributed by atoms with van der Waals surface area (Å²) >= 11 is 0. The Morgan fingerprint density at radius 3 is 2.61 bits per heavy atom. The van der Waals surface area contributed by atoms with Gasteiger partial charge >= 0.3 is 0 Å². The molecule has 2 fully saturated rings. The topological polar surface area (TPSA) is 101 Å². The Kier molecular flexibility index (Phi) is 5.70. The molecular weight excluding hydrogens is 416 g/mol. The molecule has 0 bridgehead atoms. The maximum Gasteiger partial charge on any atom is 0.258 e. The number of ether oxygens (including phenoxy) is 1. The van der Waals surface area contributed by atoms with E-state index < -0.39 is 21.8 Å². The van der Waals surface area contributed by atoms with Gasteiger partial charge in [-0.05, 0) is 31.9 Å². The van der Waals surface area contributed by atoms with Gasteiger partial charge in [0, 0.05) is 43.8 Å². The van der Waals surface area contributed by atoms with E-state index in [1.165, 1.54) is 31.5 Å². The van der Waals surface area contributed by atoms with Gasteiger partial charge in [-0.1, -0.05) is 30.7 Å². The Morgan fingerprint density at radius 2 is 2.00 bits per heavy atom. The number of aromatic nitrogens is 2. The number of carbonyl (C=O) groups excluding carboxylic acids is 1. The number of hydrogen-bond donors (Lipinski definition) is 1. The maximum atomic E-state index is 12.8. The minimum absolute atomic E-state index is 0. The Hall–Kier alpha value is -2.94. The molecule has 1 atom stereocenters. The Balaban J connectivity index is 0.00000289. The third-order valence-electron chi connectivity index (χ3n) is 5.67. The summed E-state index contributed by atoms with van der Waals surface area (Å²) in [4.78, 5) is 23.9. The van der Waals surface area contributed by atoms with E-state index in [0.29, 0.717) is 17.1 Å². The summed E-state index contributed by atoms with van der Waals surface area (Å²) in [6.07, 6.45) is 7.75. The highest BCUT2D eigenvalue weighted by Crippen LogP contribution is 2.49. The molecule has 1 N–H and O–H groups in total. The number of hydrogen-bond acceptors (Lipinski definition) is 7. The Bertz CT molecular complexity index is 1100. The fourth-order valence-corrected chi connectivity index (χ4v) is 4.36. The average molecular weight is 445 g/mol. The predicted molar refractivity (Wildman–Crippen MR) is 120 cm³/mol. The number of para-hydroxylation sites is 1. The van der Waals surface area contributed by atoms with Crippen molar-refractivity contribution in [3.63, 3.8) is 0 Å². The van der Waals surface area contributed by atoms with Crippen LogP contribution in [0.3, 0.4) is 0 Å². The van der Waals surface area contributed by atoms with Gasteiger partial charge in [0.2, 0.25) is 11.8 Å². The SMILES string of the molecule is C[C@@H](/C=C/S(C)(=O)=O)NC(=O)c1cnc(N2CC3(CCC3)C2)nc1Oc1ccccc1.[HH]. The molecule has 1 aliphatic carbocycles. The van der Waals surface area contributed by atoms with Gasteiger partial charge in [0.1, 0.15) is 11.3 Å². The van der Waals surface area contributed by atoms with E-state index >= 15 is 0 Å². The van der Waals surface area contributed by atoms with Gasteiger partial charge in [-0.15, -0.1) is 0 Å². The molecular formula is C22H28N4O4S. The number of nitrogens with zero attached hydrogens (tertiary/aromatic N) is 3. The average Bonchev–Trinajstić information content (AvgIpc) is 2.64. The van der Waals surface area contributed by atoms with Crippen molar-refractivity contribution in [2.75, 3.05) is 24.2 Å². The second-order valence-electron chi connectivity index (χ2n) is 8.43. The van der Waals surface area contributed by atoms with Gasteiger partial charge in [-0.25, -0.2) is 13.4 Å². The van der Waals surface area contributed by atoms with Crippen LogP contribution in [0.2, 0.25) is 0 Å². The Labute approximate surface area is 183 Å². The van der Waals surface area contributed by atoms with Crippen LogP contribution < -0.4 is 15.0 Å². The van der Waals surface area contributed by atoms with Crippen LogP contribution in [0.4, 0.5) is 5.95 Å². The number of rotatable bonds is 7. The van der Waals surface area contributed by atoms with Crippen LogP contribution in [0.1, 0.15) is 38.0 Å². The van der Waals surface area contributed by atoms with Crippen molar-refractivity contribution in [3.05, 3.63) is 53.6 Å². The molecule has 2 heterocycles. The lowest BCUT2D eigenvalue weighted by molar-refractivity contribution is 0.0884. The molecule has 0 radical (unpaired) electrons. The molecule has 31 heavy (non-hydrogen) atoms. The van der Waals surface area contributed by atoms with E-state index in [1.807, 2.05) is 18.2 Å². The number of benzene rings is 1. The van der Waals surface area contributed by atoms with Gasteiger partial charge in [0.05, 0.1) is 0 Å². The third kappa shape index (κ3) is 5.04. The zero-order valence-corrected chi connectivity index (χ0v) is 18.4. The molecule has 0 unspecified atom stereocenters. The largest absolute Gasteiger partial charge is 0.438 e. The first-order valence-corrected chi connectivity index (χ1v) is 12.2. The molecule has 2 aliphatic rings. The van der Waals surface area contributed by atoms with Crippen LogP contribution in [0.15, 0.2) is 48.0 Å². The van der Waals surface area contributed by atoms with Crippen molar-refractivity contribution >= 4 is 21.7 Å². The number of anilines is 1. The first-order chi connectivity index (χ1) is 14.7. The normalized spacial score (nSPS) is 18.3. The minimum Gasteiger partial charge on any atom is -0.438 e. The molecule has 4 rings (SSSR count). The summed E-state index contributed by atoms with van der Waals surface area (Å²) in [5, 5.41) is 3.81. The highest BCUT2D eigenvalue weighted by atomic mass is 32.2. The number of carbonyl (C=O) groups is 1. The van der Waals surface area contributed by atoms with Crippen molar-refractivity contribution in [2.45, 2.75) is 32.2 Å². The summed E-state index contributed by atoms with van der Waals surface area (Å²) in [6, 6.07) is 8.62. The van der Waals surface area contributed by atoms with Crippen molar-refractivity contribution in [1.82, 2.24) is 15.3 Å². The summed E-state index contributed by atoms with van der Waals surface area (Å²) < 4.78 is 28.5. The summed E-state index contributed by atoms with van der Waals surface area (Å²) in [7, 11) is -3.27. The van der Waals surface area contributed by atoms with E-state index in [9.17, 15) is 13.2 Å². The molecule has 1 aliphatic heterocycles. The quantitative estimate of drug-likeness (QED) is 0.700. The van der Waals surface area contributed by atoms with Crippen LogP contribution in [0, 0.1) is 5.41 Å². The molecule has 2 aromatic rings. The van der Waals surface area contributed by atoms with E-state index in [4.69, 9.17) is 4.74 Å². The molecule has 1 aromatic carbocycles. The first-order valence-electron chi connectivity index (χ1n) is 10.3. The summed E-state index contributed by atoms with van der Waals surface area (Å²) in [5.41, 5.74) is 0.604. The van der Waals surface area contributed by atoms with Crippen molar-refractivity contribution < 1.29 is 19.4 Å². The molecule has 1 spiro atoms. The first kappa shape index (κ1) is 21.3. The predicted octanol–water partition coefficient (Wildman–Crippen LogP) is 3.18. The zero-order valence-electron chi connectivity index (χ0n) is 17.6. The molecule has 1 amide bonds. The summed E-state index contributed by atoms with van der Waals surface area (Å²) in [5.74, 6) is 0.833. The van der Waals surface area contributed by atoms with Crippen molar-refractivity contribution in [1.29, 1.82) is 0 Å². The molecule has 1 saturated carbocycles. The van der Waals surface area contributed by atoms with Gasteiger partial charge in [-0.2, -0.15) is 4.98 Å². The second-order valence-corrected chi connectivity index (χ2v) is 10.4. The van der Waals surface area contributed by atoms with E-state index in [2.05, 4.69) is 20.2 Å². The lowest BCUT2D eigenvalue weighted by Crippen LogP contribution is -2.60. The van der Waals surface area contributed by atoms with Crippen molar-refractivity contribution in [2.24, 2.45) is 5.41 Å². The van der Waals surface area contributed by atoms with Crippen molar-refractivity contribution in [3.8, 4) is 11.6 Å². The fraction of sp³-hybridized carbons (Fsp3) is 0.409. The smallest absolute Gasteiger partial charge is 0.258 e. The van der Waals surface area contributed by atoms with Crippen LogP contribution in [0.25, 0.3) is 0 Å². The third-order valence-corrected chi connectivity index (χ3v) is 6.32. The second kappa shape index (κ2) is 8.30. The molecule has 8 nitrogen and oxygen atoms in total. The summed E-state index contributed by atoms with van der Waals surface area (Å²) in [6.45, 7) is 3.54. The van der Waals surface area contributed by atoms with Gasteiger partial charge in [0.15, 0.2) is 9.84 Å². The maximum absolute atomic E-state index is 12.8. The van der Waals surface area contributed by atoms with Crippen LogP contribution >= 0.6 is 0 Å². The zero-order chi connectivity index (χ0) is 22.1. The number of sulfone groups is 1. The number of amides is 1. The molecule has 1 saturated heterocycles. The highest BCUT2D eigenvalue weighted by molar-refractivity contribution is 7.93. The standard InChI is InChI=1S/C22H26N4O4S.H2/c1-16(9-12-31(2,28)29)24-19(27)18-13-23-21(26-14-22(15-26)10-6-11-22)25-20(18)30-17-7-4-3-5-8-17;/h3-5,7-9,12-13,16H,6,10-11,14-15H2,1-2H3,(H,24,27);1H/b12-9+;/t16-;/m0./s1. The van der Waals surface area contributed by atoms with Gasteiger partial charge in [0.25, 0.3) is 5.91 Å². The highest BCUT2D eigenvalue weighted by Gasteiger charge is 2.48. The number of nitrogens with one attached hydrogen (secondary N) is 1. The molecule has 9 heteroatoms. The van der Waals surface area contributed by atoms with Crippen LogP contribution in [-0.4, -0.2) is 49.7 Å². The molecule has 166 valence electrons. The fourth-order valence-electron chi connectivity index (χ4n) is 3.83. The lowest BCUT2D eigenvalue weighted by Gasteiger charge is -2.55. The van der Waals surface area contributed by atoms with E-state index in [-0.39, 0.29) is 12.9 Å². The van der Waals surface area contributed by atoms with Crippen LogP contribution in [-0.2, 0) is 9.84 Å².